The molecule has 0 bridgehead atoms. The maximum absolute atomic E-state index is 10.1. The standard InChI is InChI=1S/C48H29N3O/c49-28-29-20-25-44-40(26-29)48(38-17-6-7-19-43(38)52-44)37-16-5-4-13-35(37)46-36(15-9-18-39(46)48)42-27-41(50-47(51-42)32-10-2-1-3-11-32)33-24-23-31-22-21-30-12-8-14-34(33)45(30)31/h1-20,23-27H,21-22H2. The zero-order valence-corrected chi connectivity index (χ0v) is 28.1. The Balaban J connectivity index is 1.22. The van der Waals surface area contributed by atoms with Crippen molar-refractivity contribution in [2.45, 2.75) is 18.3 Å². The second kappa shape index (κ2) is 10.8. The van der Waals surface area contributed by atoms with E-state index in [1.807, 2.05) is 48.5 Å². The van der Waals surface area contributed by atoms with Crippen LogP contribution in [0.5, 0.6) is 11.5 Å². The number of hydrogen-bond acceptors (Lipinski definition) is 4. The molecule has 8 aromatic rings. The monoisotopic (exact) mass is 663 g/mol. The van der Waals surface area contributed by atoms with Crippen LogP contribution in [0, 0.1) is 11.3 Å². The molecule has 4 nitrogen and oxygen atoms in total. The lowest BCUT2D eigenvalue weighted by Crippen LogP contribution is -2.32. The lowest BCUT2D eigenvalue weighted by Gasteiger charge is -2.39. The zero-order chi connectivity index (χ0) is 34.4. The van der Waals surface area contributed by atoms with Gasteiger partial charge in [0.25, 0.3) is 0 Å². The Labute approximate surface area is 301 Å². The van der Waals surface area contributed by atoms with Gasteiger partial charge < -0.3 is 4.74 Å². The second-order valence-corrected chi connectivity index (χ2v) is 13.9. The molecule has 0 saturated carbocycles. The molecule has 0 radical (unpaired) electrons. The molecule has 0 fully saturated rings. The van der Waals surface area contributed by atoms with Crippen molar-refractivity contribution in [2.75, 3.05) is 0 Å². The number of rotatable bonds is 3. The van der Waals surface area contributed by atoms with Gasteiger partial charge in [-0.15, -0.1) is 0 Å². The van der Waals surface area contributed by atoms with E-state index in [9.17, 15) is 5.26 Å². The summed E-state index contributed by atoms with van der Waals surface area (Å²) < 4.78 is 6.56. The van der Waals surface area contributed by atoms with Crippen LogP contribution in [-0.2, 0) is 18.3 Å². The molecule has 242 valence electrons. The topological polar surface area (TPSA) is 58.8 Å². The Morgan fingerprint density at radius 2 is 1.23 bits per heavy atom. The highest BCUT2D eigenvalue weighted by Gasteiger charge is 2.51. The molecule has 7 aromatic carbocycles. The minimum Gasteiger partial charge on any atom is -0.457 e. The Hall–Kier alpha value is -6.83. The summed E-state index contributed by atoms with van der Waals surface area (Å²) in [4.78, 5) is 10.6. The van der Waals surface area contributed by atoms with Crippen molar-refractivity contribution in [1.82, 2.24) is 9.97 Å². The number of para-hydroxylation sites is 1. The van der Waals surface area contributed by atoms with Gasteiger partial charge in [0, 0.05) is 27.8 Å². The summed E-state index contributed by atoms with van der Waals surface area (Å²) in [6.07, 6.45) is 2.15. The Kier molecular flexibility index (Phi) is 6.03. The molecular formula is C48H29N3O. The summed E-state index contributed by atoms with van der Waals surface area (Å²) in [5.74, 6) is 2.26. The van der Waals surface area contributed by atoms with E-state index < -0.39 is 5.41 Å². The Morgan fingerprint density at radius 3 is 2.10 bits per heavy atom. The highest BCUT2D eigenvalue weighted by molar-refractivity contribution is 6.02. The van der Waals surface area contributed by atoms with Gasteiger partial charge in [0.1, 0.15) is 11.5 Å². The molecular weight excluding hydrogens is 635 g/mol. The molecule has 1 aromatic heterocycles. The van der Waals surface area contributed by atoms with Gasteiger partial charge in [-0.2, -0.15) is 5.26 Å². The first-order chi connectivity index (χ1) is 25.7. The third kappa shape index (κ3) is 3.91. The minimum atomic E-state index is -0.700. The molecule has 0 saturated heterocycles. The van der Waals surface area contributed by atoms with E-state index in [0.717, 1.165) is 85.8 Å². The smallest absolute Gasteiger partial charge is 0.160 e. The van der Waals surface area contributed by atoms with Gasteiger partial charge in [-0.05, 0) is 87.3 Å². The highest BCUT2D eigenvalue weighted by Crippen LogP contribution is 2.63. The van der Waals surface area contributed by atoms with Crippen molar-refractivity contribution in [1.29, 1.82) is 5.26 Å². The molecule has 1 unspecified atom stereocenters. The number of nitriles is 1. The summed E-state index contributed by atoms with van der Waals surface area (Å²) in [7, 11) is 0. The molecule has 1 aliphatic heterocycles. The van der Waals surface area contributed by atoms with Crippen LogP contribution in [-0.4, -0.2) is 9.97 Å². The summed E-state index contributed by atoms with van der Waals surface area (Å²) in [5.41, 5.74) is 14.2. The van der Waals surface area contributed by atoms with Gasteiger partial charge in [0.15, 0.2) is 5.82 Å². The molecule has 1 atom stereocenters. The Bertz CT molecular complexity index is 2840. The molecule has 1 spiro atoms. The lowest BCUT2D eigenvalue weighted by molar-refractivity contribution is 0.436. The maximum Gasteiger partial charge on any atom is 0.160 e. The summed E-state index contributed by atoms with van der Waals surface area (Å²) in [5, 5.41) is 12.7. The van der Waals surface area contributed by atoms with Gasteiger partial charge in [-0.25, -0.2) is 9.97 Å². The van der Waals surface area contributed by atoms with Gasteiger partial charge >= 0.3 is 0 Å². The molecule has 3 aliphatic rings. The van der Waals surface area contributed by atoms with E-state index in [1.54, 1.807) is 0 Å². The van der Waals surface area contributed by atoms with Crippen LogP contribution in [0.25, 0.3) is 55.8 Å². The van der Waals surface area contributed by atoms with Gasteiger partial charge in [-0.3, -0.25) is 0 Å². The van der Waals surface area contributed by atoms with Gasteiger partial charge in [0.05, 0.1) is 28.4 Å². The van der Waals surface area contributed by atoms with Crippen molar-refractivity contribution in [2.24, 2.45) is 0 Å². The molecule has 0 N–H and O–H groups in total. The summed E-state index contributed by atoms with van der Waals surface area (Å²) >= 11 is 0. The van der Waals surface area contributed by atoms with Crippen LogP contribution in [0.2, 0.25) is 0 Å². The molecule has 2 heterocycles. The van der Waals surface area contributed by atoms with Crippen molar-refractivity contribution >= 4 is 10.8 Å². The fourth-order valence-electron chi connectivity index (χ4n) is 9.14. The van der Waals surface area contributed by atoms with Crippen LogP contribution >= 0.6 is 0 Å². The number of fused-ring (bicyclic) bond motifs is 9. The fourth-order valence-corrected chi connectivity index (χ4v) is 9.14. The van der Waals surface area contributed by atoms with Crippen molar-refractivity contribution < 1.29 is 4.74 Å². The first-order valence-corrected chi connectivity index (χ1v) is 17.8. The second-order valence-electron chi connectivity index (χ2n) is 13.9. The fraction of sp³-hybridized carbons (Fsp3) is 0.0625. The van der Waals surface area contributed by atoms with Crippen molar-refractivity contribution in [3.05, 3.63) is 191 Å². The van der Waals surface area contributed by atoms with E-state index in [0.29, 0.717) is 11.4 Å². The van der Waals surface area contributed by atoms with Gasteiger partial charge in [0.2, 0.25) is 0 Å². The average molecular weight is 664 g/mol. The van der Waals surface area contributed by atoms with Gasteiger partial charge in [-0.1, -0.05) is 121 Å². The number of ether oxygens (including phenoxy) is 1. The Morgan fingerprint density at radius 1 is 0.538 bits per heavy atom. The predicted octanol–water partition coefficient (Wildman–Crippen LogP) is 11.1. The van der Waals surface area contributed by atoms with Crippen molar-refractivity contribution in [3.8, 4) is 62.6 Å². The molecule has 11 rings (SSSR count). The normalized spacial score (nSPS) is 15.8. The first kappa shape index (κ1) is 29.0. The van der Waals surface area contributed by atoms with Crippen LogP contribution in [0.3, 0.4) is 0 Å². The van der Waals surface area contributed by atoms with Crippen LogP contribution in [0.4, 0.5) is 0 Å². The van der Waals surface area contributed by atoms with E-state index >= 15 is 0 Å². The lowest BCUT2D eigenvalue weighted by atomic mass is 9.66. The van der Waals surface area contributed by atoms with E-state index in [-0.39, 0.29) is 0 Å². The maximum atomic E-state index is 10.1. The number of nitrogens with zero attached hydrogens (tertiary/aromatic N) is 3. The summed E-state index contributed by atoms with van der Waals surface area (Å²) in [6, 6.07) is 55.4. The molecule has 2 aliphatic carbocycles. The van der Waals surface area contributed by atoms with E-state index in [1.165, 1.54) is 21.9 Å². The number of benzene rings is 7. The highest BCUT2D eigenvalue weighted by atomic mass is 16.5. The van der Waals surface area contributed by atoms with Crippen LogP contribution in [0.1, 0.15) is 38.9 Å². The minimum absolute atomic E-state index is 0.599. The summed E-state index contributed by atoms with van der Waals surface area (Å²) in [6.45, 7) is 0. The van der Waals surface area contributed by atoms with E-state index in [4.69, 9.17) is 14.7 Å². The first-order valence-electron chi connectivity index (χ1n) is 17.8. The largest absolute Gasteiger partial charge is 0.457 e. The predicted molar refractivity (Wildman–Crippen MR) is 205 cm³/mol. The van der Waals surface area contributed by atoms with Crippen LogP contribution < -0.4 is 4.74 Å². The zero-order valence-electron chi connectivity index (χ0n) is 28.1. The van der Waals surface area contributed by atoms with Crippen LogP contribution in [0.15, 0.2) is 152 Å². The molecule has 4 heteroatoms. The van der Waals surface area contributed by atoms with E-state index in [2.05, 4.69) is 109 Å². The molecule has 0 amide bonds. The number of aromatic nitrogens is 2. The number of aryl methyl sites for hydroxylation is 2. The quantitative estimate of drug-likeness (QED) is 0.189. The van der Waals surface area contributed by atoms with Crippen molar-refractivity contribution in [3.63, 3.8) is 0 Å². The third-order valence-corrected chi connectivity index (χ3v) is 11.3. The molecule has 52 heavy (non-hydrogen) atoms. The third-order valence-electron chi connectivity index (χ3n) is 11.3. The average Bonchev–Trinajstić information content (AvgIpc) is 3.77. The SMILES string of the molecule is N#Cc1ccc2c(c1)C1(c3ccccc3O2)c2ccccc2-c2c(-c3cc(-c4ccc5c6c(cccc46)CC5)nc(-c4ccccc4)n3)cccc21. The number of hydrogen-bond donors (Lipinski definition) is 0.